The Hall–Kier alpha value is -3.75. The first kappa shape index (κ1) is 21.0. The molecule has 0 spiro atoms. The van der Waals surface area contributed by atoms with Crippen molar-refractivity contribution in [2.45, 2.75) is 13.3 Å². The number of fused-ring (bicyclic) bond motifs is 1. The first-order chi connectivity index (χ1) is 14.5. The van der Waals surface area contributed by atoms with E-state index in [1.807, 2.05) is 0 Å². The van der Waals surface area contributed by atoms with E-state index >= 15 is 0 Å². The predicted octanol–water partition coefficient (Wildman–Crippen LogP) is 2.61. The predicted molar refractivity (Wildman–Crippen MR) is 111 cm³/mol. The molecule has 0 aliphatic carbocycles. The lowest BCUT2D eigenvalue weighted by atomic mass is 10.2. The summed E-state index contributed by atoms with van der Waals surface area (Å²) in [5.74, 6) is 1.49. The summed E-state index contributed by atoms with van der Waals surface area (Å²) >= 11 is 0. The second-order valence-corrected chi connectivity index (χ2v) is 6.44. The van der Waals surface area contributed by atoms with E-state index < -0.39 is 5.91 Å². The minimum Gasteiger partial charge on any atom is -0.493 e. The molecular formula is C21H23N3O6. The van der Waals surface area contributed by atoms with Gasteiger partial charge in [-0.2, -0.15) is 5.10 Å². The average Bonchev–Trinajstić information content (AvgIpc) is 2.76. The Morgan fingerprint density at radius 3 is 2.47 bits per heavy atom. The number of benzene rings is 2. The summed E-state index contributed by atoms with van der Waals surface area (Å²) in [4.78, 5) is 24.5. The zero-order chi connectivity index (χ0) is 21.5. The molecule has 0 radical (unpaired) electrons. The van der Waals surface area contributed by atoms with Gasteiger partial charge in [0.2, 0.25) is 5.91 Å². The maximum Gasteiger partial charge on any atom is 0.271 e. The fourth-order valence-electron chi connectivity index (χ4n) is 2.79. The van der Waals surface area contributed by atoms with Gasteiger partial charge in [-0.15, -0.1) is 0 Å². The molecule has 1 aliphatic rings. The highest BCUT2D eigenvalue weighted by Crippen LogP contribution is 2.32. The van der Waals surface area contributed by atoms with Crippen LogP contribution in [-0.4, -0.2) is 45.0 Å². The second kappa shape index (κ2) is 9.64. The molecule has 0 fully saturated rings. The minimum atomic E-state index is -0.428. The summed E-state index contributed by atoms with van der Waals surface area (Å²) in [6.07, 6.45) is 0.0145. The molecule has 30 heavy (non-hydrogen) atoms. The summed E-state index contributed by atoms with van der Waals surface area (Å²) in [5, 5.41) is 6.76. The Bertz CT molecular complexity index is 973. The molecular weight excluding hydrogens is 390 g/mol. The number of hydrogen-bond donors (Lipinski definition) is 2. The van der Waals surface area contributed by atoms with Crippen LogP contribution in [0.3, 0.4) is 0 Å². The van der Waals surface area contributed by atoms with Crippen LogP contribution < -0.4 is 29.7 Å². The maximum absolute atomic E-state index is 12.3. The number of hydrazone groups is 1. The highest BCUT2D eigenvalue weighted by atomic mass is 16.6. The van der Waals surface area contributed by atoms with Crippen LogP contribution in [0.2, 0.25) is 0 Å². The molecule has 1 heterocycles. The number of hydrogen-bond acceptors (Lipinski definition) is 7. The first-order valence-electron chi connectivity index (χ1n) is 9.25. The molecule has 2 aromatic carbocycles. The zero-order valence-corrected chi connectivity index (χ0v) is 17.0. The number of carbonyl (C=O) groups is 2. The van der Waals surface area contributed by atoms with E-state index in [9.17, 15) is 9.59 Å². The van der Waals surface area contributed by atoms with E-state index in [-0.39, 0.29) is 12.3 Å². The number of rotatable bonds is 7. The van der Waals surface area contributed by atoms with Crippen LogP contribution in [0.25, 0.3) is 0 Å². The molecule has 9 nitrogen and oxygen atoms in total. The summed E-state index contributed by atoms with van der Waals surface area (Å²) in [6.45, 7) is 2.62. The number of methoxy groups -OCH3 is 2. The first-order valence-corrected chi connectivity index (χ1v) is 9.25. The fraction of sp³-hybridized carbons (Fsp3) is 0.286. The highest BCUT2D eigenvalue weighted by Gasteiger charge is 2.14. The molecule has 1 aliphatic heterocycles. The largest absolute Gasteiger partial charge is 0.493 e. The van der Waals surface area contributed by atoms with Crippen molar-refractivity contribution in [3.8, 4) is 23.0 Å². The summed E-state index contributed by atoms with van der Waals surface area (Å²) in [7, 11) is 3.00. The van der Waals surface area contributed by atoms with Crippen LogP contribution >= 0.6 is 0 Å². The number of nitrogens with zero attached hydrogens (tertiary/aromatic N) is 1. The van der Waals surface area contributed by atoms with Gasteiger partial charge in [-0.3, -0.25) is 9.59 Å². The molecule has 3 rings (SSSR count). The van der Waals surface area contributed by atoms with Crippen LogP contribution in [0, 0.1) is 0 Å². The normalized spacial score (nSPS) is 12.7. The monoisotopic (exact) mass is 413 g/mol. The van der Waals surface area contributed by atoms with Gasteiger partial charge < -0.3 is 24.3 Å². The number of anilines is 1. The topological polar surface area (TPSA) is 107 Å². The van der Waals surface area contributed by atoms with E-state index in [1.165, 1.54) is 14.2 Å². The number of amides is 2. The van der Waals surface area contributed by atoms with E-state index in [4.69, 9.17) is 18.9 Å². The summed E-state index contributed by atoms with van der Waals surface area (Å²) < 4.78 is 21.3. The smallest absolute Gasteiger partial charge is 0.271 e. The van der Waals surface area contributed by atoms with Crippen LogP contribution in [0.15, 0.2) is 41.5 Å². The molecule has 2 aromatic rings. The molecule has 0 aromatic heterocycles. The van der Waals surface area contributed by atoms with Crippen LogP contribution in [0.4, 0.5) is 5.69 Å². The fourth-order valence-corrected chi connectivity index (χ4v) is 2.79. The van der Waals surface area contributed by atoms with Crippen molar-refractivity contribution in [3.05, 3.63) is 42.0 Å². The third-order valence-corrected chi connectivity index (χ3v) is 4.24. The molecule has 0 saturated carbocycles. The van der Waals surface area contributed by atoms with Gasteiger partial charge in [0.25, 0.3) is 5.91 Å². The molecule has 2 N–H and O–H groups in total. The van der Waals surface area contributed by atoms with Gasteiger partial charge in [0.05, 0.1) is 20.6 Å². The Kier molecular flexibility index (Phi) is 6.74. The maximum atomic E-state index is 12.3. The minimum absolute atomic E-state index is 0.0145. The van der Waals surface area contributed by atoms with E-state index in [1.54, 1.807) is 43.3 Å². The Morgan fingerprint density at radius 2 is 1.73 bits per heavy atom. The number of ether oxygens (including phenoxy) is 4. The molecule has 0 saturated heterocycles. The van der Waals surface area contributed by atoms with Gasteiger partial charge in [-0.1, -0.05) is 0 Å². The second-order valence-electron chi connectivity index (χ2n) is 6.44. The number of carbonyl (C=O) groups excluding carboxylic acids is 2. The molecule has 0 atom stereocenters. The van der Waals surface area contributed by atoms with Crippen molar-refractivity contribution in [3.63, 3.8) is 0 Å². The van der Waals surface area contributed by atoms with Gasteiger partial charge in [0, 0.05) is 23.0 Å². The molecule has 0 unspecified atom stereocenters. The molecule has 9 heteroatoms. The Balaban J connectivity index is 1.55. The van der Waals surface area contributed by atoms with E-state index in [0.29, 0.717) is 53.2 Å². The van der Waals surface area contributed by atoms with Crippen LogP contribution in [0.1, 0.15) is 23.7 Å². The zero-order valence-electron chi connectivity index (χ0n) is 17.0. The van der Waals surface area contributed by atoms with Gasteiger partial charge in [-0.25, -0.2) is 5.43 Å². The summed E-state index contributed by atoms with van der Waals surface area (Å²) in [5.41, 5.74) is 3.82. The standard InChI is InChI=1S/C21H23N3O6/c1-13(23-24-21(26)14-4-6-16(27-2)18(11-14)28-3)10-20(25)22-15-5-7-17-19(12-15)30-9-8-29-17/h4-7,11-12H,8-10H2,1-3H3,(H,22,25)(H,24,26)/b23-13-. The van der Waals surface area contributed by atoms with Gasteiger partial charge >= 0.3 is 0 Å². The lowest BCUT2D eigenvalue weighted by Crippen LogP contribution is -2.21. The lowest BCUT2D eigenvalue weighted by Gasteiger charge is -2.19. The van der Waals surface area contributed by atoms with Crippen LogP contribution in [0.5, 0.6) is 23.0 Å². The quantitative estimate of drug-likeness (QED) is 0.534. The summed E-state index contributed by atoms with van der Waals surface area (Å²) in [6, 6.07) is 9.96. The van der Waals surface area contributed by atoms with E-state index in [0.717, 1.165) is 0 Å². The number of nitrogens with one attached hydrogen (secondary N) is 2. The van der Waals surface area contributed by atoms with Crippen molar-refractivity contribution in [2.24, 2.45) is 5.10 Å². The Morgan fingerprint density at radius 1 is 1.00 bits per heavy atom. The third kappa shape index (κ3) is 5.19. The van der Waals surface area contributed by atoms with Crippen molar-refractivity contribution < 1.29 is 28.5 Å². The van der Waals surface area contributed by atoms with Gasteiger partial charge in [0.15, 0.2) is 23.0 Å². The van der Waals surface area contributed by atoms with Gasteiger partial charge in [0.1, 0.15) is 13.2 Å². The van der Waals surface area contributed by atoms with Crippen molar-refractivity contribution in [1.29, 1.82) is 0 Å². The lowest BCUT2D eigenvalue weighted by molar-refractivity contribution is -0.115. The molecule has 158 valence electrons. The SMILES string of the molecule is COc1ccc(C(=O)N/N=C(/C)CC(=O)Nc2ccc3c(c2)OCCO3)cc1OC. The van der Waals surface area contributed by atoms with Crippen molar-refractivity contribution in [2.75, 3.05) is 32.8 Å². The average molecular weight is 413 g/mol. The van der Waals surface area contributed by atoms with Crippen LogP contribution in [-0.2, 0) is 4.79 Å². The van der Waals surface area contributed by atoms with Crippen molar-refractivity contribution in [1.82, 2.24) is 5.43 Å². The Labute approximate surface area is 174 Å². The van der Waals surface area contributed by atoms with Crippen molar-refractivity contribution >= 4 is 23.2 Å². The van der Waals surface area contributed by atoms with E-state index in [2.05, 4.69) is 15.8 Å². The highest BCUT2D eigenvalue weighted by molar-refractivity contribution is 6.06. The molecule has 0 bridgehead atoms. The molecule has 2 amide bonds. The van der Waals surface area contributed by atoms with Gasteiger partial charge in [-0.05, 0) is 37.3 Å². The third-order valence-electron chi connectivity index (χ3n) is 4.24.